The summed E-state index contributed by atoms with van der Waals surface area (Å²) in [6, 6.07) is 0. The van der Waals surface area contributed by atoms with E-state index < -0.39 is 0 Å². The molecule has 0 aliphatic carbocycles. The number of nitrogens with zero attached hydrogens (tertiary/aromatic N) is 1. The van der Waals surface area contributed by atoms with Crippen molar-refractivity contribution < 1.29 is 5.21 Å². The normalized spacial score (nSPS) is 14.4. The first-order valence-electron chi connectivity index (χ1n) is 5.94. The van der Waals surface area contributed by atoms with Crippen molar-refractivity contribution in [3.8, 4) is 0 Å². The molecule has 0 radical (unpaired) electrons. The fourth-order valence-corrected chi connectivity index (χ4v) is 1.81. The van der Waals surface area contributed by atoms with Crippen molar-refractivity contribution in [2.75, 3.05) is 0 Å². The van der Waals surface area contributed by atoms with E-state index in [9.17, 15) is 0 Å². The van der Waals surface area contributed by atoms with Gasteiger partial charge in [-0.3, -0.25) is 0 Å². The van der Waals surface area contributed by atoms with E-state index in [1.54, 1.807) is 0 Å². The Morgan fingerprint density at radius 2 is 1.79 bits per heavy atom. The van der Waals surface area contributed by atoms with Gasteiger partial charge in [0.2, 0.25) is 0 Å². The van der Waals surface area contributed by atoms with E-state index in [-0.39, 0.29) is 0 Å². The van der Waals surface area contributed by atoms with Gasteiger partial charge in [0, 0.05) is 5.92 Å². The monoisotopic (exact) mass is 199 g/mol. The molecule has 0 aromatic carbocycles. The van der Waals surface area contributed by atoms with Gasteiger partial charge in [-0.2, -0.15) is 0 Å². The van der Waals surface area contributed by atoms with Gasteiger partial charge in [-0.15, -0.1) is 0 Å². The Morgan fingerprint density at radius 1 is 1.07 bits per heavy atom. The van der Waals surface area contributed by atoms with Gasteiger partial charge >= 0.3 is 0 Å². The summed E-state index contributed by atoms with van der Waals surface area (Å²) >= 11 is 0. The zero-order chi connectivity index (χ0) is 10.8. The molecule has 0 amide bonds. The standard InChI is InChI=1S/C12H25NO/c1-4-6-7-8-10-12(9-5-2)11(3)13-14/h12,14H,4-10H2,1-3H3. The minimum absolute atomic E-state index is 0.502. The van der Waals surface area contributed by atoms with Crippen molar-refractivity contribution in [1.29, 1.82) is 0 Å². The maximum absolute atomic E-state index is 8.72. The molecule has 1 atom stereocenters. The van der Waals surface area contributed by atoms with Crippen LogP contribution in [0.5, 0.6) is 0 Å². The first kappa shape index (κ1) is 13.5. The molecular formula is C12H25NO. The first-order valence-corrected chi connectivity index (χ1v) is 5.94. The Labute approximate surface area is 88.4 Å². The molecule has 0 aliphatic rings. The Bertz CT molecular complexity index is 154. The number of hydrogen-bond acceptors (Lipinski definition) is 2. The van der Waals surface area contributed by atoms with Crippen molar-refractivity contribution in [1.82, 2.24) is 0 Å². The van der Waals surface area contributed by atoms with Gasteiger partial charge in [0.15, 0.2) is 0 Å². The highest BCUT2D eigenvalue weighted by atomic mass is 16.4. The lowest BCUT2D eigenvalue weighted by molar-refractivity contribution is 0.312. The van der Waals surface area contributed by atoms with Gasteiger partial charge in [-0.25, -0.2) is 0 Å². The van der Waals surface area contributed by atoms with Gasteiger partial charge in [-0.1, -0.05) is 51.1 Å². The molecule has 1 unspecified atom stereocenters. The molecule has 0 rings (SSSR count). The molecule has 2 heteroatoms. The van der Waals surface area contributed by atoms with Crippen LogP contribution < -0.4 is 0 Å². The van der Waals surface area contributed by atoms with Crippen LogP contribution in [0.4, 0.5) is 0 Å². The lowest BCUT2D eigenvalue weighted by Crippen LogP contribution is -2.11. The first-order chi connectivity index (χ1) is 6.76. The molecule has 0 spiro atoms. The van der Waals surface area contributed by atoms with Crippen molar-refractivity contribution in [3.05, 3.63) is 0 Å². The Hall–Kier alpha value is -0.530. The molecule has 0 aromatic heterocycles. The summed E-state index contributed by atoms with van der Waals surface area (Å²) < 4.78 is 0. The molecule has 0 heterocycles. The summed E-state index contributed by atoms with van der Waals surface area (Å²) in [7, 11) is 0. The topological polar surface area (TPSA) is 32.6 Å². The van der Waals surface area contributed by atoms with Gasteiger partial charge in [0.1, 0.15) is 0 Å². The van der Waals surface area contributed by atoms with Crippen molar-refractivity contribution in [3.63, 3.8) is 0 Å². The molecule has 0 bridgehead atoms. The molecular weight excluding hydrogens is 174 g/mol. The quantitative estimate of drug-likeness (QED) is 0.270. The van der Waals surface area contributed by atoms with Gasteiger partial charge in [-0.05, 0) is 19.8 Å². The summed E-state index contributed by atoms with van der Waals surface area (Å²) in [4.78, 5) is 0. The van der Waals surface area contributed by atoms with Gasteiger partial charge in [0.25, 0.3) is 0 Å². The minimum atomic E-state index is 0.502. The van der Waals surface area contributed by atoms with Crippen LogP contribution in [0, 0.1) is 5.92 Å². The average molecular weight is 199 g/mol. The van der Waals surface area contributed by atoms with Crippen LogP contribution >= 0.6 is 0 Å². The Kier molecular flexibility index (Phi) is 8.70. The van der Waals surface area contributed by atoms with E-state index >= 15 is 0 Å². The molecule has 0 aliphatic heterocycles. The van der Waals surface area contributed by atoms with Gasteiger partial charge in [0.05, 0.1) is 5.71 Å². The summed E-state index contributed by atoms with van der Waals surface area (Å²) in [5.74, 6) is 0.502. The van der Waals surface area contributed by atoms with Crippen LogP contribution in [0.25, 0.3) is 0 Å². The second-order valence-electron chi connectivity index (χ2n) is 4.08. The zero-order valence-corrected chi connectivity index (χ0v) is 9.92. The molecule has 14 heavy (non-hydrogen) atoms. The highest BCUT2D eigenvalue weighted by Gasteiger charge is 2.10. The molecule has 2 nitrogen and oxygen atoms in total. The second-order valence-corrected chi connectivity index (χ2v) is 4.08. The minimum Gasteiger partial charge on any atom is -0.411 e. The SMILES string of the molecule is CCCCCCC(CCC)C(C)=NO. The van der Waals surface area contributed by atoms with E-state index in [2.05, 4.69) is 19.0 Å². The third-order valence-corrected chi connectivity index (χ3v) is 2.79. The molecule has 0 fully saturated rings. The van der Waals surface area contributed by atoms with Crippen molar-refractivity contribution in [2.24, 2.45) is 11.1 Å². The predicted octanol–water partition coefficient (Wildman–Crippen LogP) is 4.22. The summed E-state index contributed by atoms with van der Waals surface area (Å²) in [6.45, 7) is 6.34. The largest absolute Gasteiger partial charge is 0.411 e. The number of oxime groups is 1. The maximum atomic E-state index is 8.72. The van der Waals surface area contributed by atoms with E-state index in [0.29, 0.717) is 5.92 Å². The smallest absolute Gasteiger partial charge is 0.0570 e. The van der Waals surface area contributed by atoms with Crippen molar-refractivity contribution >= 4 is 5.71 Å². The van der Waals surface area contributed by atoms with Crippen molar-refractivity contribution in [2.45, 2.75) is 65.7 Å². The van der Waals surface area contributed by atoms with E-state index in [1.807, 2.05) is 6.92 Å². The summed E-state index contributed by atoms with van der Waals surface area (Å²) in [5, 5.41) is 12.0. The molecule has 0 aromatic rings. The Morgan fingerprint density at radius 3 is 2.29 bits per heavy atom. The van der Waals surface area contributed by atoms with Crippen LogP contribution in [0.3, 0.4) is 0 Å². The summed E-state index contributed by atoms with van der Waals surface area (Å²) in [5.41, 5.74) is 0.906. The third kappa shape index (κ3) is 6.01. The second kappa shape index (κ2) is 9.04. The molecule has 0 saturated carbocycles. The van der Waals surface area contributed by atoms with E-state index in [0.717, 1.165) is 12.1 Å². The fourth-order valence-electron chi connectivity index (χ4n) is 1.81. The average Bonchev–Trinajstić information content (AvgIpc) is 2.21. The van der Waals surface area contributed by atoms with E-state index in [1.165, 1.54) is 38.5 Å². The zero-order valence-electron chi connectivity index (χ0n) is 9.92. The number of rotatable bonds is 8. The maximum Gasteiger partial charge on any atom is 0.0570 e. The fraction of sp³-hybridized carbons (Fsp3) is 0.917. The predicted molar refractivity (Wildman–Crippen MR) is 62.1 cm³/mol. The third-order valence-electron chi connectivity index (χ3n) is 2.79. The highest BCUT2D eigenvalue weighted by molar-refractivity contribution is 5.83. The van der Waals surface area contributed by atoms with E-state index in [4.69, 9.17) is 5.21 Å². The molecule has 84 valence electrons. The van der Waals surface area contributed by atoms with Crippen LogP contribution in [0.1, 0.15) is 65.7 Å². The number of unbranched alkanes of at least 4 members (excludes halogenated alkanes) is 3. The van der Waals surface area contributed by atoms with Crippen LogP contribution in [0.2, 0.25) is 0 Å². The lowest BCUT2D eigenvalue weighted by Gasteiger charge is -2.14. The summed E-state index contributed by atoms with van der Waals surface area (Å²) in [6.07, 6.45) is 8.71. The highest BCUT2D eigenvalue weighted by Crippen LogP contribution is 2.17. The molecule has 0 saturated heterocycles. The lowest BCUT2D eigenvalue weighted by atomic mass is 9.92. The van der Waals surface area contributed by atoms with Crippen LogP contribution in [-0.4, -0.2) is 10.9 Å². The number of hydrogen-bond donors (Lipinski definition) is 1. The van der Waals surface area contributed by atoms with Gasteiger partial charge < -0.3 is 5.21 Å². The Balaban J connectivity index is 3.73. The van der Waals surface area contributed by atoms with Crippen LogP contribution in [0.15, 0.2) is 5.16 Å². The molecule has 1 N–H and O–H groups in total. The van der Waals surface area contributed by atoms with Crippen LogP contribution in [-0.2, 0) is 0 Å².